The van der Waals surface area contributed by atoms with E-state index in [1.165, 1.54) is 37.8 Å². The van der Waals surface area contributed by atoms with Gasteiger partial charge in [-0.3, -0.25) is 0 Å². The molecule has 1 aliphatic carbocycles. The Labute approximate surface area is 194 Å². The summed E-state index contributed by atoms with van der Waals surface area (Å²) in [5.74, 6) is 0.688. The zero-order valence-electron chi connectivity index (χ0n) is 19.6. The summed E-state index contributed by atoms with van der Waals surface area (Å²) in [5, 5.41) is 0. The molecule has 174 valence electrons. The average molecular weight is 457 g/mol. The SMILES string of the molecule is CCCCOc1ccc(OC(=O)c2ccc(CC[C@H]3CC[C@H]([SiH2]CC)CC3)cc2F)cc1. The Balaban J connectivity index is 1.48. The van der Waals surface area contributed by atoms with Gasteiger partial charge in [0.1, 0.15) is 17.3 Å². The molecule has 1 aliphatic rings. The Kier molecular flexibility index (Phi) is 9.79. The first kappa shape index (κ1) is 24.5. The summed E-state index contributed by atoms with van der Waals surface area (Å²) in [6.07, 6.45) is 9.49. The van der Waals surface area contributed by atoms with Crippen LogP contribution in [0.2, 0.25) is 11.6 Å². The Morgan fingerprint density at radius 3 is 2.41 bits per heavy atom. The number of aryl methyl sites for hydroxylation is 1. The lowest BCUT2D eigenvalue weighted by Gasteiger charge is -2.28. The van der Waals surface area contributed by atoms with E-state index in [-0.39, 0.29) is 15.1 Å². The molecule has 5 heteroatoms. The summed E-state index contributed by atoms with van der Waals surface area (Å²) in [5.41, 5.74) is 1.98. The van der Waals surface area contributed by atoms with Gasteiger partial charge in [0.15, 0.2) is 0 Å². The molecule has 0 spiro atoms. The fourth-order valence-electron chi connectivity index (χ4n) is 4.57. The van der Waals surface area contributed by atoms with Crippen LogP contribution in [0.15, 0.2) is 42.5 Å². The maximum atomic E-state index is 14.6. The van der Waals surface area contributed by atoms with E-state index in [0.717, 1.165) is 48.5 Å². The van der Waals surface area contributed by atoms with Gasteiger partial charge in [-0.1, -0.05) is 63.6 Å². The lowest BCUT2D eigenvalue weighted by Crippen LogP contribution is -2.15. The van der Waals surface area contributed by atoms with Crippen LogP contribution in [0.3, 0.4) is 0 Å². The average Bonchev–Trinajstić information content (AvgIpc) is 2.80. The smallest absolute Gasteiger partial charge is 0.346 e. The normalized spacial score (nSPS) is 18.7. The zero-order chi connectivity index (χ0) is 22.8. The number of rotatable bonds is 11. The summed E-state index contributed by atoms with van der Waals surface area (Å²) in [7, 11) is 0.142. The van der Waals surface area contributed by atoms with Crippen LogP contribution >= 0.6 is 0 Å². The first-order valence-corrected chi connectivity index (χ1v) is 14.1. The van der Waals surface area contributed by atoms with Crippen molar-refractivity contribution in [3.8, 4) is 11.5 Å². The fourth-order valence-corrected chi connectivity index (χ4v) is 6.43. The summed E-state index contributed by atoms with van der Waals surface area (Å²) >= 11 is 0. The van der Waals surface area contributed by atoms with E-state index in [0.29, 0.717) is 12.4 Å². The van der Waals surface area contributed by atoms with E-state index in [4.69, 9.17) is 9.47 Å². The molecule has 0 aliphatic heterocycles. The molecule has 0 aromatic heterocycles. The number of hydrogen-bond donors (Lipinski definition) is 0. The molecule has 0 heterocycles. The van der Waals surface area contributed by atoms with Gasteiger partial charge in [0.25, 0.3) is 0 Å². The van der Waals surface area contributed by atoms with Crippen LogP contribution in [0.25, 0.3) is 0 Å². The van der Waals surface area contributed by atoms with Crippen LogP contribution < -0.4 is 9.47 Å². The van der Waals surface area contributed by atoms with Crippen molar-refractivity contribution in [3.05, 3.63) is 59.4 Å². The molecule has 3 nitrogen and oxygen atoms in total. The van der Waals surface area contributed by atoms with Gasteiger partial charge in [0, 0.05) is 9.52 Å². The monoisotopic (exact) mass is 456 g/mol. The number of unbranched alkanes of at least 4 members (excludes halogenated alkanes) is 1. The minimum Gasteiger partial charge on any atom is -0.494 e. The summed E-state index contributed by atoms with van der Waals surface area (Å²) in [6.45, 7) is 5.10. The van der Waals surface area contributed by atoms with Gasteiger partial charge in [-0.25, -0.2) is 9.18 Å². The van der Waals surface area contributed by atoms with Crippen molar-refractivity contribution >= 4 is 15.5 Å². The number of esters is 1. The Bertz CT molecular complexity index is 844. The van der Waals surface area contributed by atoms with Crippen LogP contribution in [0.1, 0.15) is 74.7 Å². The van der Waals surface area contributed by atoms with E-state index in [9.17, 15) is 9.18 Å². The fraction of sp³-hybridized carbons (Fsp3) is 0.519. The van der Waals surface area contributed by atoms with E-state index < -0.39 is 11.8 Å². The van der Waals surface area contributed by atoms with E-state index >= 15 is 0 Å². The third-order valence-electron chi connectivity index (χ3n) is 6.56. The lowest BCUT2D eigenvalue weighted by atomic mass is 9.85. The highest BCUT2D eigenvalue weighted by atomic mass is 28.2. The molecular formula is C27H37FO3Si. The Morgan fingerprint density at radius 2 is 1.75 bits per heavy atom. The number of carbonyl (C=O) groups excluding carboxylic acids is 1. The van der Waals surface area contributed by atoms with Gasteiger partial charge >= 0.3 is 5.97 Å². The zero-order valence-corrected chi connectivity index (χ0v) is 21.0. The number of carbonyl (C=O) groups is 1. The van der Waals surface area contributed by atoms with Crippen LogP contribution in [0.4, 0.5) is 4.39 Å². The molecule has 1 saturated carbocycles. The van der Waals surface area contributed by atoms with E-state index in [2.05, 4.69) is 13.8 Å². The molecule has 0 atom stereocenters. The molecule has 32 heavy (non-hydrogen) atoms. The predicted octanol–water partition coefficient (Wildman–Crippen LogP) is 6.74. The second-order valence-corrected chi connectivity index (χ2v) is 11.8. The molecule has 0 amide bonds. The molecular weight excluding hydrogens is 419 g/mol. The second-order valence-electron chi connectivity index (χ2n) is 9.09. The number of ether oxygens (including phenoxy) is 2. The third-order valence-corrected chi connectivity index (χ3v) is 8.77. The molecule has 0 saturated heterocycles. The van der Waals surface area contributed by atoms with E-state index in [1.54, 1.807) is 30.3 Å². The van der Waals surface area contributed by atoms with Crippen molar-refractivity contribution in [2.75, 3.05) is 6.61 Å². The highest BCUT2D eigenvalue weighted by Crippen LogP contribution is 2.35. The molecule has 2 aromatic carbocycles. The van der Waals surface area contributed by atoms with Crippen molar-refractivity contribution < 1.29 is 18.7 Å². The van der Waals surface area contributed by atoms with Crippen molar-refractivity contribution in [3.63, 3.8) is 0 Å². The molecule has 0 N–H and O–H groups in total. The Morgan fingerprint density at radius 1 is 1.03 bits per heavy atom. The molecule has 2 aromatic rings. The van der Waals surface area contributed by atoms with Gasteiger partial charge in [0.2, 0.25) is 0 Å². The van der Waals surface area contributed by atoms with Crippen LogP contribution in [-0.2, 0) is 6.42 Å². The summed E-state index contributed by atoms with van der Waals surface area (Å²) in [4.78, 5) is 12.4. The van der Waals surface area contributed by atoms with Crippen LogP contribution in [-0.4, -0.2) is 22.1 Å². The standard InChI is InChI=1S/C27H37FO3Si/c1-3-5-18-30-22-11-13-23(14-12-22)31-27(29)25-17-10-21(19-26(25)28)7-6-20-8-15-24(16-9-20)32-4-2/h10-14,17,19-20,24H,3-9,15-16,18,32H2,1-2H3/t20-,24-. The summed E-state index contributed by atoms with van der Waals surface area (Å²) < 4.78 is 25.6. The van der Waals surface area contributed by atoms with E-state index in [1.807, 2.05) is 6.07 Å². The quantitative estimate of drug-likeness (QED) is 0.162. The Hall–Kier alpha value is -2.14. The number of halogens is 1. The minimum atomic E-state index is -0.674. The van der Waals surface area contributed by atoms with Gasteiger partial charge in [-0.2, -0.15) is 0 Å². The minimum absolute atomic E-state index is 0.0259. The molecule has 0 radical (unpaired) electrons. The van der Waals surface area contributed by atoms with Crippen LogP contribution in [0.5, 0.6) is 11.5 Å². The first-order chi connectivity index (χ1) is 15.6. The van der Waals surface area contributed by atoms with Gasteiger partial charge < -0.3 is 9.47 Å². The summed E-state index contributed by atoms with van der Waals surface area (Å²) in [6, 6.07) is 13.2. The largest absolute Gasteiger partial charge is 0.494 e. The van der Waals surface area contributed by atoms with Crippen molar-refractivity contribution in [2.24, 2.45) is 5.92 Å². The molecule has 1 fully saturated rings. The maximum Gasteiger partial charge on any atom is 0.346 e. The van der Waals surface area contributed by atoms with Gasteiger partial charge in [-0.05, 0) is 67.1 Å². The van der Waals surface area contributed by atoms with Crippen molar-refractivity contribution in [2.45, 2.75) is 76.8 Å². The molecule has 0 bridgehead atoms. The lowest BCUT2D eigenvalue weighted by molar-refractivity contribution is 0.0729. The first-order valence-electron chi connectivity index (χ1n) is 12.3. The number of benzene rings is 2. The van der Waals surface area contributed by atoms with Gasteiger partial charge in [0.05, 0.1) is 12.2 Å². The molecule has 0 unspecified atom stereocenters. The van der Waals surface area contributed by atoms with Crippen molar-refractivity contribution in [1.82, 2.24) is 0 Å². The highest BCUT2D eigenvalue weighted by Gasteiger charge is 2.21. The van der Waals surface area contributed by atoms with Gasteiger partial charge in [-0.15, -0.1) is 0 Å². The molecule has 3 rings (SSSR count). The second kappa shape index (κ2) is 12.8. The van der Waals surface area contributed by atoms with Crippen LogP contribution in [0, 0.1) is 11.7 Å². The highest BCUT2D eigenvalue weighted by molar-refractivity contribution is 6.37. The van der Waals surface area contributed by atoms with Crippen molar-refractivity contribution in [1.29, 1.82) is 0 Å². The third kappa shape index (κ3) is 7.47. The number of hydrogen-bond acceptors (Lipinski definition) is 3. The predicted molar refractivity (Wildman–Crippen MR) is 131 cm³/mol. The topological polar surface area (TPSA) is 35.5 Å². The maximum absolute atomic E-state index is 14.6.